The SMILES string of the molecule is CCN(CC)C(=O)Nc1ccc(S(=O)(=O)N2C(=O)C(c3ccccc3Cl)c3c2cc([C@H](CCCCNC(=O)OCc2ccccc2)C(=O)OC)c(Cl)c3N)cc1. The van der Waals surface area contributed by atoms with Gasteiger partial charge in [-0.25, -0.2) is 22.3 Å². The highest BCUT2D eigenvalue weighted by Gasteiger charge is 2.48. The zero-order valence-electron chi connectivity index (χ0n) is 31.1. The molecule has 0 saturated carbocycles. The van der Waals surface area contributed by atoms with Crippen LogP contribution in [0, 0.1) is 0 Å². The lowest BCUT2D eigenvalue weighted by Crippen LogP contribution is -2.35. The standard InChI is InChI=1S/C40H43Cl2N5O8S/c1-4-46(5-2)39(50)45-26-18-20-27(21-19-26)56(52,53)47-32-23-30(35(42)36(43)34(32)33(37(47)48)29-16-9-10-17-31(29)41)28(38(49)54-3)15-11-12-22-44-40(51)55-24-25-13-7-6-8-14-25/h6-10,13-14,16-21,23,28,33H,4-5,11-12,15,22,24,43H2,1-3H3,(H,44,51)(H,45,50)/t28-,33?/m0/s1. The number of carbonyl (C=O) groups excluding carboxylic acids is 4. The minimum atomic E-state index is -4.63. The summed E-state index contributed by atoms with van der Waals surface area (Å²) in [5.41, 5.74) is 8.27. The van der Waals surface area contributed by atoms with Crippen molar-refractivity contribution < 1.29 is 37.1 Å². The molecule has 4 aromatic rings. The smallest absolute Gasteiger partial charge is 0.407 e. The first-order chi connectivity index (χ1) is 26.8. The number of unbranched alkanes of at least 4 members (excludes halogenated alkanes) is 1. The number of anilines is 3. The van der Waals surface area contributed by atoms with E-state index >= 15 is 0 Å². The van der Waals surface area contributed by atoms with Crippen LogP contribution in [-0.4, -0.2) is 64.1 Å². The highest BCUT2D eigenvalue weighted by atomic mass is 35.5. The van der Waals surface area contributed by atoms with Gasteiger partial charge in [0.1, 0.15) is 6.61 Å². The van der Waals surface area contributed by atoms with E-state index in [1.54, 1.807) is 29.2 Å². The van der Waals surface area contributed by atoms with Gasteiger partial charge in [-0.15, -0.1) is 0 Å². The van der Waals surface area contributed by atoms with Gasteiger partial charge >= 0.3 is 18.1 Å². The fraction of sp³-hybridized carbons (Fsp3) is 0.300. The van der Waals surface area contributed by atoms with E-state index in [0.29, 0.717) is 41.5 Å². The van der Waals surface area contributed by atoms with Crippen molar-refractivity contribution in [1.29, 1.82) is 0 Å². The highest BCUT2D eigenvalue weighted by molar-refractivity contribution is 7.93. The Hall–Kier alpha value is -5.31. The van der Waals surface area contributed by atoms with Crippen LogP contribution in [-0.2, 0) is 35.7 Å². The molecule has 1 heterocycles. The predicted octanol–water partition coefficient (Wildman–Crippen LogP) is 7.67. The summed E-state index contributed by atoms with van der Waals surface area (Å²) in [6.45, 7) is 5.00. The molecule has 296 valence electrons. The molecule has 4 amide bonds. The fourth-order valence-corrected chi connectivity index (χ4v) is 8.52. The number of nitrogens with zero attached hydrogens (tertiary/aromatic N) is 2. The van der Waals surface area contributed by atoms with Crippen LogP contribution in [0.25, 0.3) is 0 Å². The summed E-state index contributed by atoms with van der Waals surface area (Å²) < 4.78 is 40.0. The molecule has 1 aliphatic heterocycles. The molecule has 13 nitrogen and oxygen atoms in total. The van der Waals surface area contributed by atoms with E-state index in [2.05, 4.69) is 10.6 Å². The largest absolute Gasteiger partial charge is 0.469 e. The first-order valence-electron chi connectivity index (χ1n) is 18.0. The summed E-state index contributed by atoms with van der Waals surface area (Å²) in [6.07, 6.45) is 0.448. The molecule has 5 rings (SSSR count). The number of nitrogens with one attached hydrogen (secondary N) is 2. The predicted molar refractivity (Wildman–Crippen MR) is 215 cm³/mol. The molecule has 0 radical (unpaired) electrons. The molecule has 1 unspecified atom stereocenters. The van der Waals surface area contributed by atoms with E-state index in [1.807, 2.05) is 44.2 Å². The summed E-state index contributed by atoms with van der Waals surface area (Å²) in [7, 11) is -3.41. The Balaban J connectivity index is 1.45. The molecule has 56 heavy (non-hydrogen) atoms. The Morgan fingerprint density at radius 3 is 2.25 bits per heavy atom. The number of halogens is 2. The molecule has 4 N–H and O–H groups in total. The molecule has 0 aliphatic carbocycles. The van der Waals surface area contributed by atoms with Crippen molar-refractivity contribution in [2.24, 2.45) is 0 Å². The monoisotopic (exact) mass is 823 g/mol. The first kappa shape index (κ1) is 41.8. The molecular formula is C40H43Cl2N5O8S. The number of methoxy groups -OCH3 is 1. The van der Waals surface area contributed by atoms with Gasteiger partial charge in [-0.3, -0.25) is 9.59 Å². The third kappa shape index (κ3) is 9.04. The molecule has 0 bridgehead atoms. The maximum absolute atomic E-state index is 14.5. The number of rotatable bonds is 15. The molecule has 0 fully saturated rings. The quantitative estimate of drug-likeness (QED) is 0.0617. The maximum atomic E-state index is 14.5. The van der Waals surface area contributed by atoms with Crippen LogP contribution >= 0.6 is 23.2 Å². The number of ether oxygens (including phenoxy) is 2. The zero-order valence-corrected chi connectivity index (χ0v) is 33.4. The summed E-state index contributed by atoms with van der Waals surface area (Å²) >= 11 is 13.5. The second kappa shape index (κ2) is 18.5. The number of alkyl carbamates (subject to hydrolysis) is 1. The zero-order chi connectivity index (χ0) is 40.6. The van der Waals surface area contributed by atoms with Gasteiger partial charge in [0.25, 0.3) is 15.9 Å². The van der Waals surface area contributed by atoms with Crippen molar-refractivity contribution in [3.63, 3.8) is 0 Å². The lowest BCUT2D eigenvalue weighted by Gasteiger charge is -2.22. The number of sulfonamides is 1. The molecule has 2 atom stereocenters. The molecular weight excluding hydrogens is 781 g/mol. The summed E-state index contributed by atoms with van der Waals surface area (Å²) in [4.78, 5) is 53.9. The van der Waals surface area contributed by atoms with Crippen LogP contribution in [0.3, 0.4) is 0 Å². The Morgan fingerprint density at radius 1 is 0.946 bits per heavy atom. The number of amides is 4. The Labute approximate surface area is 336 Å². The van der Waals surface area contributed by atoms with Gasteiger partial charge in [-0.1, -0.05) is 78.2 Å². The van der Waals surface area contributed by atoms with Gasteiger partial charge in [-0.2, -0.15) is 0 Å². The second-order valence-electron chi connectivity index (χ2n) is 12.9. The normalized spacial score (nSPS) is 14.1. The molecule has 0 saturated heterocycles. The van der Waals surface area contributed by atoms with Gasteiger partial charge in [0.05, 0.1) is 40.2 Å². The van der Waals surface area contributed by atoms with Gasteiger partial charge in [0, 0.05) is 35.9 Å². The number of hydrogen-bond acceptors (Lipinski definition) is 9. The number of fused-ring (bicyclic) bond motifs is 1. The number of esters is 1. The van der Waals surface area contributed by atoms with E-state index in [9.17, 15) is 27.6 Å². The van der Waals surface area contributed by atoms with Crippen LogP contribution in [0.4, 0.5) is 26.7 Å². The number of benzene rings is 4. The third-order valence-corrected chi connectivity index (χ3v) is 12.0. The van der Waals surface area contributed by atoms with Gasteiger partial charge in [0.15, 0.2) is 0 Å². The molecule has 1 aliphatic rings. The Kier molecular flexibility index (Phi) is 13.9. The third-order valence-electron chi connectivity index (χ3n) is 9.48. The van der Waals surface area contributed by atoms with Crippen molar-refractivity contribution in [3.05, 3.63) is 117 Å². The van der Waals surface area contributed by atoms with Crippen molar-refractivity contribution in [1.82, 2.24) is 10.2 Å². The van der Waals surface area contributed by atoms with E-state index in [4.69, 9.17) is 38.4 Å². The molecule has 0 aromatic heterocycles. The maximum Gasteiger partial charge on any atom is 0.407 e. The first-order valence-corrected chi connectivity index (χ1v) is 20.2. The average Bonchev–Trinajstić information content (AvgIpc) is 3.49. The second-order valence-corrected chi connectivity index (χ2v) is 15.4. The van der Waals surface area contributed by atoms with Crippen molar-refractivity contribution in [2.45, 2.75) is 56.4 Å². The van der Waals surface area contributed by atoms with E-state index in [-0.39, 0.29) is 63.0 Å². The van der Waals surface area contributed by atoms with Crippen molar-refractivity contribution in [3.8, 4) is 0 Å². The Bertz CT molecular complexity index is 2180. The number of urea groups is 1. The van der Waals surface area contributed by atoms with Crippen molar-refractivity contribution in [2.75, 3.05) is 42.1 Å². The average molecular weight is 825 g/mol. The van der Waals surface area contributed by atoms with E-state index in [1.165, 1.54) is 37.4 Å². The van der Waals surface area contributed by atoms with Crippen LogP contribution in [0.2, 0.25) is 10.0 Å². The number of nitrogens with two attached hydrogens (primary N) is 1. The van der Waals surface area contributed by atoms with E-state index < -0.39 is 39.8 Å². The number of nitrogen functional groups attached to an aromatic ring is 1. The van der Waals surface area contributed by atoms with Gasteiger partial charge < -0.3 is 30.7 Å². The summed E-state index contributed by atoms with van der Waals surface area (Å²) in [5, 5.41) is 5.59. The highest BCUT2D eigenvalue weighted by Crippen LogP contribution is 2.52. The topological polar surface area (TPSA) is 177 Å². The summed E-state index contributed by atoms with van der Waals surface area (Å²) in [5.74, 6) is -3.79. The van der Waals surface area contributed by atoms with Gasteiger partial charge in [0.2, 0.25) is 0 Å². The number of carbonyl (C=O) groups is 4. The van der Waals surface area contributed by atoms with Crippen molar-refractivity contribution >= 4 is 74.3 Å². The minimum Gasteiger partial charge on any atom is -0.469 e. The summed E-state index contributed by atoms with van der Waals surface area (Å²) in [6, 6.07) is 22.2. The van der Waals surface area contributed by atoms with Gasteiger partial charge in [-0.05, 0) is 79.8 Å². The van der Waals surface area contributed by atoms with E-state index in [0.717, 1.165) is 5.56 Å². The lowest BCUT2D eigenvalue weighted by atomic mass is 9.87. The lowest BCUT2D eigenvalue weighted by molar-refractivity contribution is -0.142. The molecule has 0 spiro atoms. The Morgan fingerprint density at radius 2 is 1.61 bits per heavy atom. The van der Waals surface area contributed by atoms with Crippen LogP contribution < -0.4 is 20.7 Å². The fourth-order valence-electron chi connectivity index (χ4n) is 6.54. The molecule has 16 heteroatoms. The van der Waals surface area contributed by atoms with Crippen LogP contribution in [0.15, 0.2) is 89.8 Å². The minimum absolute atomic E-state index is 0.0424. The van der Waals surface area contributed by atoms with Crippen LogP contribution in [0.1, 0.15) is 67.2 Å². The number of hydrogen-bond donors (Lipinski definition) is 3. The van der Waals surface area contributed by atoms with Crippen LogP contribution in [0.5, 0.6) is 0 Å². The molecule has 4 aromatic carbocycles.